The molecule has 0 aromatic rings. The van der Waals surface area contributed by atoms with E-state index in [0.717, 1.165) is 32.1 Å². The summed E-state index contributed by atoms with van der Waals surface area (Å²) in [6.07, 6.45) is 4.87. The van der Waals surface area contributed by atoms with Gasteiger partial charge in [0.15, 0.2) is 0 Å². The van der Waals surface area contributed by atoms with E-state index in [1.807, 2.05) is 0 Å². The van der Waals surface area contributed by atoms with Crippen molar-refractivity contribution in [3.05, 3.63) is 0 Å². The maximum Gasteiger partial charge on any atom is 0.324 e. The SMILES string of the molecule is O=C(O)C1(NS(=O)(=O)NC2CC2)CCCCC1. The maximum atomic E-state index is 11.8. The zero-order chi connectivity index (χ0) is 12.5. The molecule has 2 rings (SSSR count). The molecule has 2 aliphatic rings. The third kappa shape index (κ3) is 3.17. The van der Waals surface area contributed by atoms with E-state index in [1.165, 1.54) is 0 Å². The van der Waals surface area contributed by atoms with Gasteiger partial charge in [-0.15, -0.1) is 0 Å². The van der Waals surface area contributed by atoms with Crippen LogP contribution in [-0.2, 0) is 15.0 Å². The van der Waals surface area contributed by atoms with Crippen LogP contribution >= 0.6 is 0 Å². The lowest BCUT2D eigenvalue weighted by atomic mass is 9.83. The highest BCUT2D eigenvalue weighted by atomic mass is 32.2. The average molecular weight is 262 g/mol. The van der Waals surface area contributed by atoms with Crippen molar-refractivity contribution in [1.29, 1.82) is 0 Å². The molecule has 3 N–H and O–H groups in total. The van der Waals surface area contributed by atoms with Gasteiger partial charge in [-0.2, -0.15) is 17.9 Å². The van der Waals surface area contributed by atoms with Gasteiger partial charge in [0, 0.05) is 6.04 Å². The molecular weight excluding hydrogens is 244 g/mol. The fourth-order valence-electron chi connectivity index (χ4n) is 2.22. The molecule has 0 heterocycles. The van der Waals surface area contributed by atoms with Crippen LogP contribution in [0.3, 0.4) is 0 Å². The summed E-state index contributed by atoms with van der Waals surface area (Å²) in [5.74, 6) is -1.07. The van der Waals surface area contributed by atoms with E-state index in [2.05, 4.69) is 9.44 Å². The lowest BCUT2D eigenvalue weighted by Crippen LogP contribution is -2.58. The van der Waals surface area contributed by atoms with Gasteiger partial charge in [-0.1, -0.05) is 19.3 Å². The minimum absolute atomic E-state index is 0.0121. The quantitative estimate of drug-likeness (QED) is 0.666. The first-order chi connectivity index (χ1) is 7.94. The minimum atomic E-state index is -3.70. The van der Waals surface area contributed by atoms with Gasteiger partial charge in [0.05, 0.1) is 0 Å². The van der Waals surface area contributed by atoms with E-state index >= 15 is 0 Å². The molecule has 0 spiro atoms. The first-order valence-electron chi connectivity index (χ1n) is 5.98. The van der Waals surface area contributed by atoms with Gasteiger partial charge in [-0.3, -0.25) is 4.79 Å². The molecular formula is C10H18N2O4S. The van der Waals surface area contributed by atoms with Crippen molar-refractivity contribution in [2.45, 2.75) is 56.5 Å². The molecule has 0 unspecified atom stereocenters. The summed E-state index contributed by atoms with van der Waals surface area (Å²) in [4.78, 5) is 11.3. The molecule has 0 aliphatic heterocycles. The second kappa shape index (κ2) is 4.55. The fourth-order valence-corrected chi connectivity index (χ4v) is 3.76. The second-order valence-electron chi connectivity index (χ2n) is 4.95. The molecule has 98 valence electrons. The topological polar surface area (TPSA) is 95.5 Å². The number of carboxylic acids is 1. The molecule has 0 saturated heterocycles. The van der Waals surface area contributed by atoms with Crippen LogP contribution in [0.2, 0.25) is 0 Å². The summed E-state index contributed by atoms with van der Waals surface area (Å²) < 4.78 is 28.3. The second-order valence-corrected chi connectivity index (χ2v) is 6.39. The van der Waals surface area contributed by atoms with Crippen LogP contribution in [0.1, 0.15) is 44.9 Å². The predicted octanol–water partition coefficient (Wildman–Crippen LogP) is 0.360. The van der Waals surface area contributed by atoms with Crippen molar-refractivity contribution >= 4 is 16.2 Å². The summed E-state index contributed by atoms with van der Waals surface area (Å²) in [5.41, 5.74) is -1.31. The van der Waals surface area contributed by atoms with Crippen LogP contribution < -0.4 is 9.44 Å². The largest absolute Gasteiger partial charge is 0.480 e. The Morgan fingerprint density at radius 2 is 1.76 bits per heavy atom. The Balaban J connectivity index is 2.08. The molecule has 0 aromatic carbocycles. The standard InChI is InChI=1S/C10H18N2O4S/c13-9(14)10(6-2-1-3-7-10)12-17(15,16)11-8-4-5-8/h8,11-12H,1-7H2,(H,13,14). The van der Waals surface area contributed by atoms with Gasteiger partial charge in [-0.25, -0.2) is 0 Å². The van der Waals surface area contributed by atoms with E-state index in [-0.39, 0.29) is 6.04 Å². The Hall–Kier alpha value is -0.660. The van der Waals surface area contributed by atoms with Crippen LogP contribution in [-0.4, -0.2) is 31.1 Å². The molecule has 0 bridgehead atoms. The molecule has 0 amide bonds. The smallest absolute Gasteiger partial charge is 0.324 e. The van der Waals surface area contributed by atoms with E-state index in [0.29, 0.717) is 12.8 Å². The number of carbonyl (C=O) groups is 1. The number of hydrogen-bond acceptors (Lipinski definition) is 3. The third-order valence-corrected chi connectivity index (χ3v) is 4.65. The monoisotopic (exact) mass is 262 g/mol. The Morgan fingerprint density at radius 3 is 2.24 bits per heavy atom. The van der Waals surface area contributed by atoms with Gasteiger partial charge in [0.25, 0.3) is 10.2 Å². The van der Waals surface area contributed by atoms with Crippen LogP contribution in [0.15, 0.2) is 0 Å². The normalized spacial score (nSPS) is 24.5. The molecule has 0 radical (unpaired) electrons. The van der Waals surface area contributed by atoms with Gasteiger partial charge in [0.1, 0.15) is 5.54 Å². The molecule has 2 fully saturated rings. The lowest BCUT2D eigenvalue weighted by molar-refractivity contribution is -0.145. The lowest BCUT2D eigenvalue weighted by Gasteiger charge is -2.33. The van der Waals surface area contributed by atoms with Gasteiger partial charge >= 0.3 is 5.97 Å². The van der Waals surface area contributed by atoms with E-state index < -0.39 is 21.7 Å². The number of rotatable bonds is 5. The van der Waals surface area contributed by atoms with E-state index in [9.17, 15) is 18.3 Å². The summed E-state index contributed by atoms with van der Waals surface area (Å²) in [5, 5.41) is 9.25. The Kier molecular flexibility index (Phi) is 3.42. The summed E-state index contributed by atoms with van der Waals surface area (Å²) in [7, 11) is -3.70. The van der Waals surface area contributed by atoms with Crippen molar-refractivity contribution < 1.29 is 18.3 Å². The summed E-state index contributed by atoms with van der Waals surface area (Å²) in [6, 6.07) is -0.0121. The highest BCUT2D eigenvalue weighted by Gasteiger charge is 2.43. The highest BCUT2D eigenvalue weighted by molar-refractivity contribution is 7.87. The number of carboxylic acid groups (broad SMARTS) is 1. The molecule has 6 nitrogen and oxygen atoms in total. The van der Waals surface area contributed by atoms with Crippen molar-refractivity contribution in [3.8, 4) is 0 Å². The third-order valence-electron chi connectivity index (χ3n) is 3.35. The van der Waals surface area contributed by atoms with Crippen LogP contribution in [0, 0.1) is 0 Å². The first kappa shape index (κ1) is 12.8. The minimum Gasteiger partial charge on any atom is -0.480 e. The van der Waals surface area contributed by atoms with Crippen molar-refractivity contribution in [1.82, 2.24) is 9.44 Å². The molecule has 2 saturated carbocycles. The zero-order valence-corrected chi connectivity index (χ0v) is 10.4. The summed E-state index contributed by atoms with van der Waals surface area (Å²) in [6.45, 7) is 0. The Morgan fingerprint density at radius 1 is 1.18 bits per heavy atom. The Labute approximate surface area is 101 Å². The van der Waals surface area contributed by atoms with Crippen molar-refractivity contribution in [2.75, 3.05) is 0 Å². The van der Waals surface area contributed by atoms with Crippen LogP contribution in [0.25, 0.3) is 0 Å². The first-order valence-corrected chi connectivity index (χ1v) is 7.46. The molecule has 7 heteroatoms. The highest BCUT2D eigenvalue weighted by Crippen LogP contribution is 2.29. The van der Waals surface area contributed by atoms with Crippen molar-refractivity contribution in [3.63, 3.8) is 0 Å². The Bertz CT molecular complexity index is 397. The zero-order valence-electron chi connectivity index (χ0n) is 9.61. The number of nitrogens with one attached hydrogen (secondary N) is 2. The van der Waals surface area contributed by atoms with Crippen molar-refractivity contribution in [2.24, 2.45) is 0 Å². The van der Waals surface area contributed by atoms with E-state index in [1.54, 1.807) is 0 Å². The predicted molar refractivity (Wildman–Crippen MR) is 61.7 cm³/mol. The molecule has 2 aliphatic carbocycles. The fraction of sp³-hybridized carbons (Fsp3) is 0.900. The summed E-state index contributed by atoms with van der Waals surface area (Å²) >= 11 is 0. The van der Waals surface area contributed by atoms with E-state index in [4.69, 9.17) is 0 Å². The number of aliphatic carboxylic acids is 1. The van der Waals surface area contributed by atoms with Crippen LogP contribution in [0.5, 0.6) is 0 Å². The molecule has 0 atom stereocenters. The van der Waals surface area contributed by atoms with Crippen LogP contribution in [0.4, 0.5) is 0 Å². The average Bonchev–Trinajstić information content (AvgIpc) is 3.01. The maximum absolute atomic E-state index is 11.8. The van der Waals surface area contributed by atoms with Gasteiger partial charge < -0.3 is 5.11 Å². The number of hydrogen-bond donors (Lipinski definition) is 3. The molecule has 17 heavy (non-hydrogen) atoms. The van der Waals surface area contributed by atoms with Gasteiger partial charge in [0.2, 0.25) is 0 Å². The molecule has 0 aromatic heterocycles. The van der Waals surface area contributed by atoms with Gasteiger partial charge in [-0.05, 0) is 25.7 Å².